The van der Waals surface area contributed by atoms with E-state index < -0.39 is 0 Å². The highest BCUT2D eigenvalue weighted by Gasteiger charge is 2.13. The number of benzene rings is 2. The number of hydrogen-bond acceptors (Lipinski definition) is 5. The molecule has 0 radical (unpaired) electrons. The molecule has 2 aromatic carbocycles. The second-order valence-electron chi connectivity index (χ2n) is 7.01. The smallest absolute Gasteiger partial charge is 0.255 e. The quantitative estimate of drug-likeness (QED) is 0.491. The molecule has 0 aliphatic rings. The maximum atomic E-state index is 12.6. The first kappa shape index (κ1) is 21.1. The molecule has 1 N–H and O–H groups in total. The predicted octanol–water partition coefficient (Wildman–Crippen LogP) is 5.27. The number of para-hydroxylation sites is 1. The number of hydrogen-bond donors (Lipinski definition) is 1. The fourth-order valence-electron chi connectivity index (χ4n) is 3.12. The van der Waals surface area contributed by atoms with Crippen molar-refractivity contribution in [3.8, 4) is 11.8 Å². The lowest BCUT2D eigenvalue weighted by Gasteiger charge is -2.09. The van der Waals surface area contributed by atoms with Gasteiger partial charge in [-0.3, -0.25) is 9.59 Å². The van der Waals surface area contributed by atoms with Crippen LogP contribution in [0, 0.1) is 11.3 Å². The topological polar surface area (TPSA) is 92.3 Å². The summed E-state index contributed by atoms with van der Waals surface area (Å²) in [5.41, 5.74) is 0.623. The van der Waals surface area contributed by atoms with Crippen LogP contribution in [-0.4, -0.2) is 12.5 Å². The molecule has 0 saturated heterocycles. The highest BCUT2D eigenvalue weighted by Crippen LogP contribution is 2.23. The number of fused-ring (bicyclic) bond motifs is 1. The van der Waals surface area contributed by atoms with Gasteiger partial charge in [-0.2, -0.15) is 5.26 Å². The van der Waals surface area contributed by atoms with E-state index in [2.05, 4.69) is 12.2 Å². The minimum atomic E-state index is -0.348. The summed E-state index contributed by atoms with van der Waals surface area (Å²) in [4.78, 5) is 24.8. The number of amides is 1. The van der Waals surface area contributed by atoms with Gasteiger partial charge >= 0.3 is 0 Å². The monoisotopic (exact) mass is 404 g/mol. The third-order valence-electron chi connectivity index (χ3n) is 4.75. The number of nitriles is 1. The van der Waals surface area contributed by atoms with Crippen LogP contribution in [0.5, 0.6) is 5.75 Å². The van der Waals surface area contributed by atoms with E-state index in [1.807, 2.05) is 6.07 Å². The molecule has 6 nitrogen and oxygen atoms in total. The predicted molar refractivity (Wildman–Crippen MR) is 116 cm³/mol. The van der Waals surface area contributed by atoms with Gasteiger partial charge < -0.3 is 14.5 Å². The molecule has 0 aliphatic heterocycles. The van der Waals surface area contributed by atoms with E-state index >= 15 is 0 Å². The summed E-state index contributed by atoms with van der Waals surface area (Å²) in [6.45, 7) is 2.85. The third kappa shape index (κ3) is 5.26. The van der Waals surface area contributed by atoms with Gasteiger partial charge in [-0.15, -0.1) is 0 Å². The van der Waals surface area contributed by atoms with Crippen LogP contribution in [0.15, 0.2) is 57.7 Å². The van der Waals surface area contributed by atoms with Gasteiger partial charge in [0.1, 0.15) is 11.8 Å². The minimum absolute atomic E-state index is 0.106. The van der Waals surface area contributed by atoms with Gasteiger partial charge in [0.2, 0.25) is 5.76 Å². The zero-order chi connectivity index (χ0) is 21.3. The van der Waals surface area contributed by atoms with Crippen LogP contribution < -0.4 is 15.5 Å². The van der Waals surface area contributed by atoms with Crippen molar-refractivity contribution in [2.24, 2.45) is 0 Å². The molecular weight excluding hydrogens is 380 g/mol. The average molecular weight is 404 g/mol. The van der Waals surface area contributed by atoms with E-state index in [0.717, 1.165) is 24.7 Å². The highest BCUT2D eigenvalue weighted by molar-refractivity contribution is 6.07. The van der Waals surface area contributed by atoms with E-state index in [0.29, 0.717) is 23.2 Å². The number of carbonyl (C=O) groups is 1. The number of anilines is 1. The van der Waals surface area contributed by atoms with Crippen molar-refractivity contribution in [2.75, 3.05) is 11.9 Å². The van der Waals surface area contributed by atoms with E-state index in [9.17, 15) is 9.59 Å². The SMILES string of the molecule is CCCCCCCOc1ccc(C(=O)Nc2cccc3c(=O)cc(C#N)oc23)cc1. The van der Waals surface area contributed by atoms with Crippen molar-refractivity contribution in [1.29, 1.82) is 5.26 Å². The fraction of sp³-hybridized carbons (Fsp3) is 0.292. The van der Waals surface area contributed by atoms with Gasteiger partial charge in [0, 0.05) is 11.6 Å². The van der Waals surface area contributed by atoms with Crippen LogP contribution in [0.4, 0.5) is 5.69 Å². The lowest BCUT2D eigenvalue weighted by molar-refractivity contribution is 0.102. The Morgan fingerprint density at radius 1 is 1.10 bits per heavy atom. The van der Waals surface area contributed by atoms with Crippen LogP contribution in [0.25, 0.3) is 11.0 Å². The van der Waals surface area contributed by atoms with Gasteiger partial charge in [-0.25, -0.2) is 0 Å². The van der Waals surface area contributed by atoms with Crippen molar-refractivity contribution in [1.82, 2.24) is 0 Å². The van der Waals surface area contributed by atoms with Gasteiger partial charge in [-0.1, -0.05) is 38.7 Å². The molecule has 1 heterocycles. The molecule has 1 amide bonds. The summed E-state index contributed by atoms with van der Waals surface area (Å²) in [5.74, 6) is 0.265. The zero-order valence-corrected chi connectivity index (χ0v) is 16.9. The molecule has 3 rings (SSSR count). The summed E-state index contributed by atoms with van der Waals surface area (Å²) < 4.78 is 11.2. The molecule has 0 spiro atoms. The largest absolute Gasteiger partial charge is 0.494 e. The van der Waals surface area contributed by atoms with Crippen molar-refractivity contribution >= 4 is 22.6 Å². The van der Waals surface area contributed by atoms with Crippen molar-refractivity contribution in [3.63, 3.8) is 0 Å². The Labute approximate surface area is 175 Å². The van der Waals surface area contributed by atoms with Gasteiger partial charge in [-0.05, 0) is 42.8 Å². The first-order chi connectivity index (χ1) is 14.6. The molecule has 0 aliphatic carbocycles. The van der Waals surface area contributed by atoms with Crippen LogP contribution in [-0.2, 0) is 0 Å². The normalized spacial score (nSPS) is 10.5. The summed E-state index contributed by atoms with van der Waals surface area (Å²) in [6, 6.07) is 14.7. The molecule has 30 heavy (non-hydrogen) atoms. The van der Waals surface area contributed by atoms with Crippen molar-refractivity contribution in [2.45, 2.75) is 39.0 Å². The second-order valence-corrected chi connectivity index (χ2v) is 7.01. The van der Waals surface area contributed by atoms with Gasteiger partial charge in [0.25, 0.3) is 5.91 Å². The molecule has 6 heteroatoms. The van der Waals surface area contributed by atoms with Crippen molar-refractivity contribution < 1.29 is 13.9 Å². The Morgan fingerprint density at radius 2 is 1.87 bits per heavy atom. The lowest BCUT2D eigenvalue weighted by atomic mass is 10.1. The van der Waals surface area contributed by atoms with Crippen LogP contribution >= 0.6 is 0 Å². The summed E-state index contributed by atoms with van der Waals surface area (Å²) in [6.07, 6.45) is 5.86. The first-order valence-corrected chi connectivity index (χ1v) is 10.1. The summed E-state index contributed by atoms with van der Waals surface area (Å²) >= 11 is 0. The van der Waals surface area contributed by atoms with Crippen molar-refractivity contribution in [3.05, 3.63) is 70.1 Å². The van der Waals surface area contributed by atoms with E-state index in [1.165, 1.54) is 19.3 Å². The Kier molecular flexibility index (Phi) is 7.23. The minimum Gasteiger partial charge on any atom is -0.494 e. The fourth-order valence-corrected chi connectivity index (χ4v) is 3.12. The van der Waals surface area contributed by atoms with Gasteiger partial charge in [0.05, 0.1) is 17.7 Å². The average Bonchev–Trinajstić information content (AvgIpc) is 2.77. The van der Waals surface area contributed by atoms with E-state index in [-0.39, 0.29) is 22.7 Å². The maximum Gasteiger partial charge on any atom is 0.255 e. The maximum absolute atomic E-state index is 12.6. The Hall–Kier alpha value is -3.59. The standard InChI is InChI=1S/C24H24N2O4/c1-2-3-4-5-6-14-29-18-12-10-17(11-13-18)24(28)26-21-9-7-8-20-22(27)15-19(16-25)30-23(20)21/h7-13,15H,2-6,14H2,1H3,(H,26,28). The zero-order valence-electron chi connectivity index (χ0n) is 16.9. The number of rotatable bonds is 9. The summed E-state index contributed by atoms with van der Waals surface area (Å²) in [7, 11) is 0. The third-order valence-corrected chi connectivity index (χ3v) is 4.75. The second kappa shape index (κ2) is 10.3. The highest BCUT2D eigenvalue weighted by atomic mass is 16.5. The first-order valence-electron chi connectivity index (χ1n) is 10.1. The van der Waals surface area contributed by atoms with E-state index in [1.54, 1.807) is 42.5 Å². The molecule has 0 bridgehead atoms. The Balaban J connectivity index is 1.66. The molecule has 154 valence electrons. The molecular formula is C24H24N2O4. The molecule has 1 aromatic heterocycles. The molecule has 0 atom stereocenters. The molecule has 3 aromatic rings. The summed E-state index contributed by atoms with van der Waals surface area (Å²) in [5, 5.41) is 12.1. The lowest BCUT2D eigenvalue weighted by Crippen LogP contribution is -2.13. The van der Waals surface area contributed by atoms with Gasteiger partial charge in [0.15, 0.2) is 11.0 Å². The Bertz CT molecular complexity index is 1110. The number of ether oxygens (including phenoxy) is 1. The number of carbonyl (C=O) groups excluding carboxylic acids is 1. The molecule has 0 unspecified atom stereocenters. The molecule has 0 saturated carbocycles. The van der Waals surface area contributed by atoms with Crippen LogP contribution in [0.1, 0.15) is 55.1 Å². The molecule has 0 fully saturated rings. The number of unbranched alkanes of at least 4 members (excludes halogenated alkanes) is 4. The van der Waals surface area contributed by atoms with Crippen LogP contribution in [0.3, 0.4) is 0 Å². The number of nitrogens with one attached hydrogen (secondary N) is 1. The Morgan fingerprint density at radius 3 is 2.60 bits per heavy atom. The van der Waals surface area contributed by atoms with E-state index in [4.69, 9.17) is 14.4 Å². The number of nitrogens with zero attached hydrogens (tertiary/aromatic N) is 1. The van der Waals surface area contributed by atoms with Crippen LogP contribution in [0.2, 0.25) is 0 Å².